The smallest absolute Gasteiger partial charge is 0.229 e. The molecule has 166 valence electrons. The van der Waals surface area contributed by atoms with Crippen molar-refractivity contribution in [1.29, 1.82) is 0 Å². The van der Waals surface area contributed by atoms with E-state index in [4.69, 9.17) is 22.1 Å². The van der Waals surface area contributed by atoms with Crippen LogP contribution in [-0.2, 0) is 16.6 Å². The quantitative estimate of drug-likeness (QED) is 0.542. The number of hydrogen-bond acceptors (Lipinski definition) is 8. The van der Waals surface area contributed by atoms with E-state index in [0.29, 0.717) is 31.1 Å². The molecule has 3 heterocycles. The Labute approximate surface area is 191 Å². The molecular formula is C21H21ClN6O3S. The summed E-state index contributed by atoms with van der Waals surface area (Å²) in [6.45, 7) is 5.43. The highest BCUT2D eigenvalue weighted by atomic mass is 35.5. The molecule has 0 saturated carbocycles. The normalized spacial score (nSPS) is 13.6. The molecule has 0 fully saturated rings. The molecule has 0 unspecified atom stereocenters. The molecule has 4 rings (SSSR count). The maximum absolute atomic E-state index is 11.6. The molecule has 0 bridgehead atoms. The van der Waals surface area contributed by atoms with Gasteiger partial charge in [0.25, 0.3) is 0 Å². The van der Waals surface area contributed by atoms with Crippen molar-refractivity contribution < 1.29 is 13.2 Å². The Morgan fingerprint density at radius 1 is 1.25 bits per heavy atom. The van der Waals surface area contributed by atoms with E-state index < -0.39 is 10.0 Å². The van der Waals surface area contributed by atoms with Crippen LogP contribution in [0.2, 0.25) is 5.15 Å². The summed E-state index contributed by atoms with van der Waals surface area (Å²) in [5.41, 5.74) is 9.27. The lowest BCUT2D eigenvalue weighted by Gasteiger charge is -2.23. The zero-order chi connectivity index (χ0) is 22.9. The molecule has 0 spiro atoms. The molecule has 11 heteroatoms. The van der Waals surface area contributed by atoms with Crippen LogP contribution in [0.4, 0.5) is 17.5 Å². The minimum absolute atomic E-state index is 0.0711. The number of nitrogens with two attached hydrogens (primary N) is 1. The van der Waals surface area contributed by atoms with Gasteiger partial charge < -0.3 is 15.4 Å². The van der Waals surface area contributed by atoms with Crippen LogP contribution >= 0.6 is 11.6 Å². The molecule has 3 aromatic rings. The van der Waals surface area contributed by atoms with Crippen LogP contribution in [0.25, 0.3) is 17.2 Å². The Morgan fingerprint density at radius 2 is 2.06 bits per heavy atom. The predicted octanol–water partition coefficient (Wildman–Crippen LogP) is 3.19. The van der Waals surface area contributed by atoms with E-state index in [1.807, 2.05) is 18.2 Å². The van der Waals surface area contributed by atoms with Crippen molar-refractivity contribution in [2.24, 2.45) is 0 Å². The van der Waals surface area contributed by atoms with Crippen LogP contribution in [0.15, 0.2) is 43.2 Å². The third-order valence-electron chi connectivity index (χ3n) is 4.84. The van der Waals surface area contributed by atoms with E-state index in [0.717, 1.165) is 28.7 Å². The number of halogens is 1. The zero-order valence-electron chi connectivity index (χ0n) is 17.2. The standard InChI is InChI=1S/C21H21ClN6O3S/c1-3-13-10-25-21(23)26-20(13)28-6-7-31-18-5-4-14(8-16(18)12-28)15-9-17(19(22)24-11-15)27-32(2,29)30/h3-5,8-11,27H,1,6-7,12H2,2H3,(H2,23,25,26). The average molecular weight is 473 g/mol. The van der Waals surface area contributed by atoms with E-state index in [1.165, 1.54) is 0 Å². The van der Waals surface area contributed by atoms with Crippen LogP contribution < -0.4 is 20.1 Å². The highest BCUT2D eigenvalue weighted by Gasteiger charge is 2.20. The van der Waals surface area contributed by atoms with E-state index in [2.05, 4.69) is 31.2 Å². The van der Waals surface area contributed by atoms with E-state index in [-0.39, 0.29) is 16.8 Å². The maximum Gasteiger partial charge on any atom is 0.229 e. The lowest BCUT2D eigenvalue weighted by Crippen LogP contribution is -2.27. The molecule has 0 aliphatic carbocycles. The van der Waals surface area contributed by atoms with Gasteiger partial charge in [0, 0.05) is 35.6 Å². The van der Waals surface area contributed by atoms with Gasteiger partial charge in [0.15, 0.2) is 5.15 Å². The summed E-state index contributed by atoms with van der Waals surface area (Å²) < 4.78 is 31.6. The van der Waals surface area contributed by atoms with Gasteiger partial charge in [0.1, 0.15) is 18.2 Å². The number of nitrogens with one attached hydrogen (secondary N) is 1. The molecule has 1 aromatic carbocycles. The van der Waals surface area contributed by atoms with Gasteiger partial charge in [-0.3, -0.25) is 4.72 Å². The van der Waals surface area contributed by atoms with Gasteiger partial charge in [0.2, 0.25) is 16.0 Å². The Balaban J connectivity index is 1.71. The molecule has 1 aliphatic heterocycles. The van der Waals surface area contributed by atoms with Gasteiger partial charge in [-0.05, 0) is 23.8 Å². The first-order valence-electron chi connectivity index (χ1n) is 9.63. The van der Waals surface area contributed by atoms with Gasteiger partial charge in [-0.25, -0.2) is 18.4 Å². The Kier molecular flexibility index (Phi) is 5.90. The average Bonchev–Trinajstić information content (AvgIpc) is 2.96. The van der Waals surface area contributed by atoms with Crippen molar-refractivity contribution in [3.63, 3.8) is 0 Å². The summed E-state index contributed by atoms with van der Waals surface area (Å²) in [7, 11) is -3.50. The fourth-order valence-electron chi connectivity index (χ4n) is 3.42. The summed E-state index contributed by atoms with van der Waals surface area (Å²) in [6, 6.07) is 7.39. The largest absolute Gasteiger partial charge is 0.491 e. The number of benzene rings is 1. The Morgan fingerprint density at radius 3 is 2.81 bits per heavy atom. The molecule has 1 aliphatic rings. The number of nitrogens with zero attached hydrogens (tertiary/aromatic N) is 4. The van der Waals surface area contributed by atoms with Gasteiger partial charge in [-0.1, -0.05) is 30.3 Å². The Bertz CT molecular complexity index is 1300. The fraction of sp³-hybridized carbons (Fsp3) is 0.190. The molecule has 0 amide bonds. The SMILES string of the molecule is C=Cc1cnc(N)nc1N1CCOc2ccc(-c3cnc(Cl)c(NS(C)(=O)=O)c3)cc2C1. The molecule has 9 nitrogen and oxygen atoms in total. The number of rotatable bonds is 5. The summed E-state index contributed by atoms with van der Waals surface area (Å²) in [4.78, 5) is 14.6. The van der Waals surface area contributed by atoms with Crippen LogP contribution in [0.3, 0.4) is 0 Å². The number of fused-ring (bicyclic) bond motifs is 1. The van der Waals surface area contributed by atoms with Crippen molar-refractivity contribution in [3.05, 3.63) is 59.5 Å². The number of nitrogen functional groups attached to an aromatic ring is 1. The molecule has 3 N–H and O–H groups in total. The van der Waals surface area contributed by atoms with Gasteiger partial charge in [-0.15, -0.1) is 0 Å². The van der Waals surface area contributed by atoms with Gasteiger partial charge in [-0.2, -0.15) is 4.98 Å². The molecule has 2 aromatic heterocycles. The first-order chi connectivity index (χ1) is 15.2. The van der Waals surface area contributed by atoms with Crippen molar-refractivity contribution in [2.45, 2.75) is 6.54 Å². The molecular weight excluding hydrogens is 452 g/mol. The second-order valence-corrected chi connectivity index (χ2v) is 9.35. The Hall–Kier alpha value is -3.37. The third-order valence-corrected chi connectivity index (χ3v) is 5.73. The lowest BCUT2D eigenvalue weighted by molar-refractivity contribution is 0.331. The van der Waals surface area contributed by atoms with E-state index in [9.17, 15) is 8.42 Å². The van der Waals surface area contributed by atoms with Crippen LogP contribution in [0.5, 0.6) is 5.75 Å². The third kappa shape index (κ3) is 4.76. The molecule has 32 heavy (non-hydrogen) atoms. The summed E-state index contributed by atoms with van der Waals surface area (Å²) in [5.74, 6) is 1.62. The highest BCUT2D eigenvalue weighted by molar-refractivity contribution is 7.92. The van der Waals surface area contributed by atoms with Crippen molar-refractivity contribution in [2.75, 3.05) is 34.8 Å². The summed E-state index contributed by atoms with van der Waals surface area (Å²) >= 11 is 6.06. The summed E-state index contributed by atoms with van der Waals surface area (Å²) in [5, 5.41) is 0.0711. The summed E-state index contributed by atoms with van der Waals surface area (Å²) in [6.07, 6.45) is 5.98. The number of sulfonamides is 1. The van der Waals surface area contributed by atoms with Crippen LogP contribution in [-0.4, -0.2) is 42.8 Å². The number of hydrogen-bond donors (Lipinski definition) is 2. The van der Waals surface area contributed by atoms with Crippen LogP contribution in [0, 0.1) is 0 Å². The zero-order valence-corrected chi connectivity index (χ0v) is 18.8. The van der Waals surface area contributed by atoms with Gasteiger partial charge in [0.05, 0.1) is 18.5 Å². The van der Waals surface area contributed by atoms with Crippen molar-refractivity contribution in [3.8, 4) is 16.9 Å². The monoisotopic (exact) mass is 472 g/mol. The minimum Gasteiger partial charge on any atom is -0.491 e. The number of aromatic nitrogens is 3. The minimum atomic E-state index is -3.50. The van der Waals surface area contributed by atoms with E-state index in [1.54, 1.807) is 24.5 Å². The number of ether oxygens (including phenoxy) is 1. The first kappa shape index (κ1) is 21.8. The number of anilines is 3. The highest BCUT2D eigenvalue weighted by Crippen LogP contribution is 2.33. The van der Waals surface area contributed by atoms with Crippen molar-refractivity contribution >= 4 is 45.2 Å². The topological polar surface area (TPSA) is 123 Å². The van der Waals surface area contributed by atoms with Crippen molar-refractivity contribution in [1.82, 2.24) is 15.0 Å². The molecule has 0 saturated heterocycles. The van der Waals surface area contributed by atoms with Gasteiger partial charge >= 0.3 is 0 Å². The molecule has 0 atom stereocenters. The fourth-order valence-corrected chi connectivity index (χ4v) is 4.19. The second kappa shape index (κ2) is 8.64. The second-order valence-electron chi connectivity index (χ2n) is 7.24. The first-order valence-corrected chi connectivity index (χ1v) is 11.9. The number of pyridine rings is 1. The van der Waals surface area contributed by atoms with Crippen LogP contribution in [0.1, 0.15) is 11.1 Å². The predicted molar refractivity (Wildman–Crippen MR) is 126 cm³/mol. The van der Waals surface area contributed by atoms with E-state index >= 15 is 0 Å². The molecule has 0 radical (unpaired) electrons. The maximum atomic E-state index is 11.6. The lowest BCUT2D eigenvalue weighted by atomic mass is 10.0.